The maximum Gasteiger partial charge on any atom is 0.269 e. The van der Waals surface area contributed by atoms with Crippen LogP contribution in [0.15, 0.2) is 42.5 Å². The van der Waals surface area contributed by atoms with Crippen molar-refractivity contribution in [3.8, 4) is 11.8 Å². The molecule has 2 aromatic carbocycles. The normalized spacial score (nSPS) is 13.2. The number of anilines is 1. The minimum Gasteiger partial charge on any atom is -0.507 e. The predicted molar refractivity (Wildman–Crippen MR) is 70.4 cm³/mol. The van der Waals surface area contributed by atoms with Crippen LogP contribution in [0.4, 0.5) is 5.69 Å². The second-order valence-corrected chi connectivity index (χ2v) is 4.31. The predicted octanol–water partition coefficient (Wildman–Crippen LogP) is 2.06. The van der Waals surface area contributed by atoms with Crippen molar-refractivity contribution in [2.24, 2.45) is 0 Å². The number of rotatable bonds is 1. The Labute approximate surface area is 114 Å². The molecule has 0 unspecified atom stereocenters. The molecular weight excluding hydrogens is 256 g/mol. The highest BCUT2D eigenvalue weighted by Gasteiger charge is 2.38. The van der Waals surface area contributed by atoms with Crippen molar-refractivity contribution in [1.82, 2.24) is 0 Å². The standard InChI is InChI=1S/C15H8N2O3/c16-8-9-3-1-4-10(7-9)17-14(19)11-5-2-6-12(18)13(11)15(17)20/h1-7,18H. The third-order valence-corrected chi connectivity index (χ3v) is 3.13. The number of hydrogen-bond acceptors (Lipinski definition) is 4. The molecule has 1 aliphatic rings. The molecular formula is C15H8N2O3. The molecule has 0 atom stereocenters. The Morgan fingerprint density at radius 3 is 2.50 bits per heavy atom. The molecule has 3 rings (SSSR count). The highest BCUT2D eigenvalue weighted by atomic mass is 16.3. The van der Waals surface area contributed by atoms with Crippen LogP contribution >= 0.6 is 0 Å². The molecule has 20 heavy (non-hydrogen) atoms. The van der Waals surface area contributed by atoms with Crippen molar-refractivity contribution in [2.45, 2.75) is 0 Å². The van der Waals surface area contributed by atoms with Crippen molar-refractivity contribution >= 4 is 17.5 Å². The first-order valence-electron chi connectivity index (χ1n) is 5.84. The van der Waals surface area contributed by atoms with Crippen molar-refractivity contribution < 1.29 is 14.7 Å². The van der Waals surface area contributed by atoms with Gasteiger partial charge in [-0.3, -0.25) is 9.59 Å². The number of aromatic hydroxyl groups is 1. The molecule has 96 valence electrons. The maximum absolute atomic E-state index is 12.3. The third-order valence-electron chi connectivity index (χ3n) is 3.13. The van der Waals surface area contributed by atoms with Crippen LogP contribution < -0.4 is 4.90 Å². The first-order valence-corrected chi connectivity index (χ1v) is 5.84. The highest BCUT2D eigenvalue weighted by Crippen LogP contribution is 2.33. The van der Waals surface area contributed by atoms with Crippen molar-refractivity contribution in [3.05, 3.63) is 59.2 Å². The molecule has 0 bridgehead atoms. The number of carbonyl (C=O) groups is 2. The summed E-state index contributed by atoms with van der Waals surface area (Å²) in [7, 11) is 0. The molecule has 5 nitrogen and oxygen atoms in total. The first-order chi connectivity index (χ1) is 9.63. The van der Waals surface area contributed by atoms with E-state index < -0.39 is 11.8 Å². The number of amides is 2. The Bertz CT molecular complexity index is 790. The Morgan fingerprint density at radius 1 is 1.05 bits per heavy atom. The molecule has 2 amide bonds. The van der Waals surface area contributed by atoms with Crippen LogP contribution in [0.5, 0.6) is 5.75 Å². The lowest BCUT2D eigenvalue weighted by molar-refractivity contribution is 0.0925. The van der Waals surface area contributed by atoms with E-state index in [0.717, 1.165) is 4.90 Å². The minimum absolute atomic E-state index is 0.000129. The molecule has 1 N–H and O–H groups in total. The fraction of sp³-hybridized carbons (Fsp3) is 0. The molecule has 1 aliphatic heterocycles. The zero-order valence-corrected chi connectivity index (χ0v) is 10.2. The molecule has 0 spiro atoms. The number of phenolic OH excluding ortho intramolecular Hbond substituents is 1. The molecule has 0 aliphatic carbocycles. The maximum atomic E-state index is 12.3. The minimum atomic E-state index is -0.585. The van der Waals surface area contributed by atoms with Gasteiger partial charge < -0.3 is 5.11 Å². The summed E-state index contributed by atoms with van der Waals surface area (Å²) in [6.07, 6.45) is 0. The van der Waals surface area contributed by atoms with E-state index >= 15 is 0 Å². The third kappa shape index (κ3) is 1.56. The van der Waals surface area contributed by atoms with Crippen LogP contribution in [0.2, 0.25) is 0 Å². The topological polar surface area (TPSA) is 81.4 Å². The SMILES string of the molecule is N#Cc1cccc(N2C(=O)c3cccc(O)c3C2=O)c1. The molecule has 0 aromatic heterocycles. The van der Waals surface area contributed by atoms with Gasteiger partial charge in [-0.2, -0.15) is 5.26 Å². The largest absolute Gasteiger partial charge is 0.507 e. The summed E-state index contributed by atoms with van der Waals surface area (Å²) in [5.74, 6) is -1.31. The van der Waals surface area contributed by atoms with Gasteiger partial charge in [-0.05, 0) is 30.3 Å². The second kappa shape index (κ2) is 4.21. The fourth-order valence-corrected chi connectivity index (χ4v) is 2.22. The summed E-state index contributed by atoms with van der Waals surface area (Å²) in [5.41, 5.74) is 0.829. The van der Waals surface area contributed by atoms with Gasteiger partial charge in [0.25, 0.3) is 11.8 Å². The van der Waals surface area contributed by atoms with Crippen LogP contribution in [-0.2, 0) is 0 Å². The van der Waals surface area contributed by atoms with Crippen LogP contribution in [0.25, 0.3) is 0 Å². The zero-order valence-electron chi connectivity index (χ0n) is 10.2. The smallest absolute Gasteiger partial charge is 0.269 e. The summed E-state index contributed by atoms with van der Waals surface area (Å²) < 4.78 is 0. The number of imide groups is 1. The van der Waals surface area contributed by atoms with E-state index in [1.807, 2.05) is 6.07 Å². The van der Waals surface area contributed by atoms with E-state index in [4.69, 9.17) is 5.26 Å². The van der Waals surface area contributed by atoms with Crippen molar-refractivity contribution in [3.63, 3.8) is 0 Å². The molecule has 0 saturated heterocycles. The van der Waals surface area contributed by atoms with Crippen LogP contribution in [0.1, 0.15) is 26.3 Å². The first kappa shape index (κ1) is 11.9. The average molecular weight is 264 g/mol. The number of carbonyl (C=O) groups excluding carboxylic acids is 2. The van der Waals surface area contributed by atoms with E-state index in [1.165, 1.54) is 24.3 Å². The molecule has 2 aromatic rings. The van der Waals surface area contributed by atoms with Gasteiger partial charge in [-0.25, -0.2) is 4.90 Å². The number of fused-ring (bicyclic) bond motifs is 1. The summed E-state index contributed by atoms with van der Waals surface area (Å²) >= 11 is 0. The Balaban J connectivity index is 2.15. The number of hydrogen-bond donors (Lipinski definition) is 1. The number of phenols is 1. The summed E-state index contributed by atoms with van der Waals surface area (Å²) in [6, 6.07) is 12.5. The quantitative estimate of drug-likeness (QED) is 0.799. The zero-order chi connectivity index (χ0) is 14.3. The second-order valence-electron chi connectivity index (χ2n) is 4.31. The van der Waals surface area contributed by atoms with Gasteiger partial charge in [0.15, 0.2) is 0 Å². The highest BCUT2D eigenvalue weighted by molar-refractivity contribution is 6.35. The lowest BCUT2D eigenvalue weighted by Crippen LogP contribution is -2.29. The van der Waals surface area contributed by atoms with E-state index in [2.05, 4.69) is 0 Å². The van der Waals surface area contributed by atoms with Gasteiger partial charge in [0.1, 0.15) is 5.75 Å². The summed E-state index contributed by atoms with van der Waals surface area (Å²) in [5, 5.41) is 18.6. The monoisotopic (exact) mass is 264 g/mol. The lowest BCUT2D eigenvalue weighted by Gasteiger charge is -2.13. The molecule has 0 saturated carbocycles. The van der Waals surface area contributed by atoms with E-state index in [0.29, 0.717) is 11.3 Å². The van der Waals surface area contributed by atoms with Crippen molar-refractivity contribution in [1.29, 1.82) is 5.26 Å². The van der Waals surface area contributed by atoms with Gasteiger partial charge in [0, 0.05) is 0 Å². The van der Waals surface area contributed by atoms with Crippen molar-refractivity contribution in [2.75, 3.05) is 4.90 Å². The molecule has 0 fully saturated rings. The fourth-order valence-electron chi connectivity index (χ4n) is 2.22. The summed E-state index contributed by atoms with van der Waals surface area (Å²) in [6.45, 7) is 0. The Morgan fingerprint density at radius 2 is 1.80 bits per heavy atom. The van der Waals surface area contributed by atoms with Crippen LogP contribution in [-0.4, -0.2) is 16.9 Å². The number of nitriles is 1. The molecule has 1 heterocycles. The van der Waals surface area contributed by atoms with E-state index in [-0.39, 0.29) is 16.9 Å². The number of nitrogens with zero attached hydrogens (tertiary/aromatic N) is 2. The Kier molecular flexibility index (Phi) is 2.51. The number of benzene rings is 2. The van der Waals surface area contributed by atoms with Gasteiger partial charge in [0.05, 0.1) is 28.4 Å². The Hall–Kier alpha value is -3.13. The van der Waals surface area contributed by atoms with E-state index in [1.54, 1.807) is 18.2 Å². The van der Waals surface area contributed by atoms with E-state index in [9.17, 15) is 14.7 Å². The van der Waals surface area contributed by atoms with Gasteiger partial charge in [0.2, 0.25) is 0 Å². The lowest BCUT2D eigenvalue weighted by atomic mass is 10.1. The van der Waals surface area contributed by atoms with Crippen LogP contribution in [0, 0.1) is 11.3 Å². The molecule has 5 heteroatoms. The van der Waals surface area contributed by atoms with Gasteiger partial charge >= 0.3 is 0 Å². The van der Waals surface area contributed by atoms with Crippen LogP contribution in [0.3, 0.4) is 0 Å². The average Bonchev–Trinajstić information content (AvgIpc) is 2.72. The summed E-state index contributed by atoms with van der Waals surface area (Å²) in [4.78, 5) is 25.5. The van der Waals surface area contributed by atoms with Gasteiger partial charge in [-0.1, -0.05) is 12.1 Å². The van der Waals surface area contributed by atoms with Gasteiger partial charge in [-0.15, -0.1) is 0 Å². The molecule has 0 radical (unpaired) electrons.